The van der Waals surface area contributed by atoms with Crippen molar-refractivity contribution in [1.82, 2.24) is 9.55 Å². The fourth-order valence-electron chi connectivity index (χ4n) is 3.00. The Morgan fingerprint density at radius 1 is 1.00 bits per heavy atom. The summed E-state index contributed by atoms with van der Waals surface area (Å²) in [6.45, 7) is 0. The number of aromatic nitrogens is 2. The molecule has 0 fully saturated rings. The SMILES string of the molecule is Cn1c(Cc2cccc3ccccc23)nc2cc(Cl)ccc21. The Morgan fingerprint density at radius 2 is 1.82 bits per heavy atom. The third-order valence-electron chi connectivity index (χ3n) is 4.16. The van der Waals surface area contributed by atoms with Gasteiger partial charge in [0.2, 0.25) is 0 Å². The number of rotatable bonds is 2. The van der Waals surface area contributed by atoms with Gasteiger partial charge >= 0.3 is 0 Å². The van der Waals surface area contributed by atoms with Gasteiger partial charge in [-0.3, -0.25) is 0 Å². The summed E-state index contributed by atoms with van der Waals surface area (Å²) < 4.78 is 2.15. The third kappa shape index (κ3) is 2.16. The molecular weight excluding hydrogens is 292 g/mol. The zero-order chi connectivity index (χ0) is 15.1. The second kappa shape index (κ2) is 5.15. The molecule has 108 valence electrons. The van der Waals surface area contributed by atoms with Crippen LogP contribution >= 0.6 is 11.6 Å². The molecule has 0 amide bonds. The van der Waals surface area contributed by atoms with Crippen LogP contribution in [0, 0.1) is 0 Å². The summed E-state index contributed by atoms with van der Waals surface area (Å²) in [4.78, 5) is 4.75. The largest absolute Gasteiger partial charge is 0.331 e. The molecule has 2 nitrogen and oxygen atoms in total. The van der Waals surface area contributed by atoms with Crippen molar-refractivity contribution >= 4 is 33.4 Å². The molecule has 0 spiro atoms. The normalized spacial score (nSPS) is 11.4. The van der Waals surface area contributed by atoms with Gasteiger partial charge < -0.3 is 4.57 Å². The lowest BCUT2D eigenvalue weighted by Gasteiger charge is -2.07. The number of hydrogen-bond donors (Lipinski definition) is 0. The van der Waals surface area contributed by atoms with Gasteiger partial charge in [-0.15, -0.1) is 0 Å². The molecule has 4 rings (SSSR count). The van der Waals surface area contributed by atoms with E-state index in [4.69, 9.17) is 16.6 Å². The Bertz CT molecular complexity index is 980. The molecule has 0 saturated carbocycles. The van der Waals surface area contributed by atoms with Crippen LogP contribution in [0.3, 0.4) is 0 Å². The minimum atomic E-state index is 0.724. The lowest BCUT2D eigenvalue weighted by molar-refractivity contribution is 0.847. The first-order valence-electron chi connectivity index (χ1n) is 7.30. The maximum absolute atomic E-state index is 6.07. The monoisotopic (exact) mass is 306 g/mol. The molecule has 0 bridgehead atoms. The van der Waals surface area contributed by atoms with Crippen molar-refractivity contribution in [2.75, 3.05) is 0 Å². The van der Waals surface area contributed by atoms with E-state index in [-0.39, 0.29) is 0 Å². The molecule has 0 N–H and O–H groups in total. The van der Waals surface area contributed by atoms with Crippen molar-refractivity contribution < 1.29 is 0 Å². The van der Waals surface area contributed by atoms with Crippen molar-refractivity contribution in [1.29, 1.82) is 0 Å². The number of fused-ring (bicyclic) bond motifs is 2. The summed E-state index contributed by atoms with van der Waals surface area (Å²) in [5.74, 6) is 1.05. The zero-order valence-electron chi connectivity index (χ0n) is 12.3. The smallest absolute Gasteiger partial charge is 0.114 e. The quantitative estimate of drug-likeness (QED) is 0.511. The number of imidazole rings is 1. The lowest BCUT2D eigenvalue weighted by atomic mass is 10.0. The standard InChI is InChI=1S/C19H15ClN2/c1-22-18-10-9-15(20)12-17(18)21-19(22)11-14-7-4-6-13-5-2-3-8-16(13)14/h2-10,12H,11H2,1H3. The van der Waals surface area contributed by atoms with E-state index in [0.29, 0.717) is 0 Å². The van der Waals surface area contributed by atoms with Gasteiger partial charge in [-0.2, -0.15) is 0 Å². The molecule has 0 aliphatic heterocycles. The van der Waals surface area contributed by atoms with Crippen LogP contribution in [-0.4, -0.2) is 9.55 Å². The van der Waals surface area contributed by atoms with Crippen molar-refractivity contribution in [2.24, 2.45) is 7.05 Å². The first kappa shape index (κ1) is 13.4. The summed E-state index contributed by atoms with van der Waals surface area (Å²) in [6.07, 6.45) is 0.810. The zero-order valence-corrected chi connectivity index (χ0v) is 13.0. The highest BCUT2D eigenvalue weighted by Gasteiger charge is 2.10. The number of halogens is 1. The molecule has 0 unspecified atom stereocenters. The molecule has 0 aliphatic carbocycles. The maximum Gasteiger partial charge on any atom is 0.114 e. The first-order valence-corrected chi connectivity index (χ1v) is 7.68. The Kier molecular flexibility index (Phi) is 3.12. The minimum absolute atomic E-state index is 0.724. The Balaban J connectivity index is 1.84. The second-order valence-electron chi connectivity index (χ2n) is 5.54. The van der Waals surface area contributed by atoms with Gasteiger partial charge in [-0.25, -0.2) is 4.98 Å². The number of hydrogen-bond acceptors (Lipinski definition) is 1. The molecule has 0 aliphatic rings. The molecule has 4 aromatic rings. The summed E-state index contributed by atoms with van der Waals surface area (Å²) >= 11 is 6.07. The second-order valence-corrected chi connectivity index (χ2v) is 5.97. The minimum Gasteiger partial charge on any atom is -0.331 e. The van der Waals surface area contributed by atoms with Gasteiger partial charge in [-0.1, -0.05) is 54.1 Å². The maximum atomic E-state index is 6.07. The highest BCUT2D eigenvalue weighted by atomic mass is 35.5. The molecule has 0 saturated heterocycles. The lowest BCUT2D eigenvalue weighted by Crippen LogP contribution is -1.99. The fraction of sp³-hybridized carbons (Fsp3) is 0.105. The first-order chi connectivity index (χ1) is 10.7. The highest BCUT2D eigenvalue weighted by Crippen LogP contribution is 2.24. The van der Waals surface area contributed by atoms with Crippen LogP contribution in [0.25, 0.3) is 21.8 Å². The average molecular weight is 307 g/mol. The molecule has 1 aromatic heterocycles. The van der Waals surface area contributed by atoms with Crippen LogP contribution in [0.15, 0.2) is 60.7 Å². The van der Waals surface area contributed by atoms with E-state index in [2.05, 4.69) is 54.1 Å². The van der Waals surface area contributed by atoms with E-state index < -0.39 is 0 Å². The molecule has 3 aromatic carbocycles. The topological polar surface area (TPSA) is 17.8 Å². The fourth-order valence-corrected chi connectivity index (χ4v) is 3.16. The molecule has 0 radical (unpaired) electrons. The Hall–Kier alpha value is -2.32. The van der Waals surface area contributed by atoms with Crippen molar-refractivity contribution in [3.05, 3.63) is 77.1 Å². The van der Waals surface area contributed by atoms with Crippen LogP contribution in [0.2, 0.25) is 5.02 Å². The van der Waals surface area contributed by atoms with Crippen LogP contribution in [0.5, 0.6) is 0 Å². The summed E-state index contributed by atoms with van der Waals surface area (Å²) in [5.41, 5.74) is 3.35. The molecule has 1 heterocycles. The van der Waals surface area contributed by atoms with E-state index in [9.17, 15) is 0 Å². The van der Waals surface area contributed by atoms with Crippen molar-refractivity contribution in [2.45, 2.75) is 6.42 Å². The van der Waals surface area contributed by atoms with E-state index in [1.54, 1.807) is 0 Å². The van der Waals surface area contributed by atoms with Gasteiger partial charge in [0.25, 0.3) is 0 Å². The Morgan fingerprint density at radius 3 is 2.73 bits per heavy atom. The predicted molar refractivity (Wildman–Crippen MR) is 92.5 cm³/mol. The summed E-state index contributed by atoms with van der Waals surface area (Å²) in [5, 5.41) is 3.28. The van der Waals surface area contributed by atoms with Crippen LogP contribution in [-0.2, 0) is 13.5 Å². The molecule has 3 heteroatoms. The van der Waals surface area contributed by atoms with Gasteiger partial charge in [-0.05, 0) is 34.5 Å². The van der Waals surface area contributed by atoms with Crippen molar-refractivity contribution in [3.8, 4) is 0 Å². The molecule has 22 heavy (non-hydrogen) atoms. The highest BCUT2D eigenvalue weighted by molar-refractivity contribution is 6.31. The van der Waals surface area contributed by atoms with E-state index in [0.717, 1.165) is 28.3 Å². The van der Waals surface area contributed by atoms with Gasteiger partial charge in [0.05, 0.1) is 11.0 Å². The number of nitrogens with zero attached hydrogens (tertiary/aromatic N) is 2. The number of benzene rings is 3. The van der Waals surface area contributed by atoms with Crippen LogP contribution < -0.4 is 0 Å². The summed E-state index contributed by atoms with van der Waals surface area (Å²) in [6, 6.07) is 20.8. The van der Waals surface area contributed by atoms with Crippen molar-refractivity contribution in [3.63, 3.8) is 0 Å². The predicted octanol–water partition coefficient (Wildman–Crippen LogP) is 4.97. The van der Waals surface area contributed by atoms with Crippen LogP contribution in [0.1, 0.15) is 11.4 Å². The van der Waals surface area contributed by atoms with Crippen LogP contribution in [0.4, 0.5) is 0 Å². The van der Waals surface area contributed by atoms with E-state index in [1.807, 2.05) is 18.2 Å². The van der Waals surface area contributed by atoms with Gasteiger partial charge in [0.15, 0.2) is 0 Å². The van der Waals surface area contributed by atoms with Gasteiger partial charge in [0, 0.05) is 18.5 Å². The van der Waals surface area contributed by atoms with E-state index in [1.165, 1.54) is 16.3 Å². The third-order valence-corrected chi connectivity index (χ3v) is 4.40. The summed E-state index contributed by atoms with van der Waals surface area (Å²) in [7, 11) is 2.06. The van der Waals surface area contributed by atoms with Gasteiger partial charge in [0.1, 0.15) is 5.82 Å². The van der Waals surface area contributed by atoms with E-state index >= 15 is 0 Å². The number of aryl methyl sites for hydroxylation is 1. The molecule has 0 atom stereocenters. The molecular formula is C19H15ClN2. The Labute approximate surface area is 134 Å². The average Bonchev–Trinajstić information content (AvgIpc) is 2.83.